The van der Waals surface area contributed by atoms with Gasteiger partial charge in [0.2, 0.25) is 5.91 Å². The smallest absolute Gasteiger partial charge is 0.272 e. The van der Waals surface area contributed by atoms with Crippen molar-refractivity contribution in [1.29, 1.82) is 0 Å². The molecule has 0 bridgehead atoms. The number of carbonyl (C=O) groups is 2. The highest BCUT2D eigenvalue weighted by atomic mass is 19.1. The van der Waals surface area contributed by atoms with Gasteiger partial charge >= 0.3 is 0 Å². The van der Waals surface area contributed by atoms with Crippen molar-refractivity contribution in [2.45, 2.75) is 31.7 Å². The molecule has 4 rings (SSSR count). The number of hydrogen-bond donors (Lipinski definition) is 0. The van der Waals surface area contributed by atoms with Crippen LogP contribution in [0.3, 0.4) is 0 Å². The van der Waals surface area contributed by atoms with E-state index in [2.05, 4.69) is 5.10 Å². The number of amides is 2. The van der Waals surface area contributed by atoms with Gasteiger partial charge in [0.05, 0.1) is 6.42 Å². The molecule has 1 aromatic carbocycles. The van der Waals surface area contributed by atoms with E-state index in [1.165, 1.54) is 12.1 Å². The Morgan fingerprint density at radius 2 is 1.93 bits per heavy atom. The van der Waals surface area contributed by atoms with Crippen LogP contribution in [0.2, 0.25) is 0 Å². The summed E-state index contributed by atoms with van der Waals surface area (Å²) in [6, 6.07) is 8.03. The van der Waals surface area contributed by atoms with Gasteiger partial charge in [-0.15, -0.1) is 0 Å². The van der Waals surface area contributed by atoms with Gasteiger partial charge in [-0.25, -0.2) is 4.39 Å². The minimum atomic E-state index is -0.294. The lowest BCUT2D eigenvalue weighted by molar-refractivity contribution is -0.133. The Morgan fingerprint density at radius 1 is 1.14 bits per heavy atom. The van der Waals surface area contributed by atoms with Crippen molar-refractivity contribution in [3.63, 3.8) is 0 Å². The van der Waals surface area contributed by atoms with Gasteiger partial charge in [-0.3, -0.25) is 14.3 Å². The number of piperidine rings is 2. The van der Waals surface area contributed by atoms with E-state index in [1.54, 1.807) is 36.1 Å². The molecule has 2 saturated heterocycles. The summed E-state index contributed by atoms with van der Waals surface area (Å²) >= 11 is 0. The number of fused-ring (bicyclic) bond motifs is 1. The summed E-state index contributed by atoms with van der Waals surface area (Å²) < 4.78 is 14.7. The van der Waals surface area contributed by atoms with Crippen molar-refractivity contribution < 1.29 is 14.0 Å². The molecule has 2 atom stereocenters. The maximum Gasteiger partial charge on any atom is 0.272 e. The van der Waals surface area contributed by atoms with Crippen LogP contribution in [0.1, 0.15) is 35.3 Å². The van der Waals surface area contributed by atoms with E-state index >= 15 is 0 Å². The van der Waals surface area contributed by atoms with Crippen LogP contribution in [0.5, 0.6) is 0 Å². The van der Waals surface area contributed by atoms with E-state index in [-0.39, 0.29) is 30.1 Å². The number of nitrogens with zero attached hydrogens (tertiary/aromatic N) is 4. The first-order valence-corrected chi connectivity index (χ1v) is 9.84. The van der Waals surface area contributed by atoms with Gasteiger partial charge in [-0.05, 0) is 48.9 Å². The molecule has 148 valence electrons. The number of halogens is 1. The lowest BCUT2D eigenvalue weighted by Crippen LogP contribution is -2.57. The average molecular weight is 384 g/mol. The second-order valence-electron chi connectivity index (χ2n) is 7.74. The zero-order valence-electron chi connectivity index (χ0n) is 16.1. The lowest BCUT2D eigenvalue weighted by Gasteiger charge is -2.47. The fourth-order valence-electron chi connectivity index (χ4n) is 4.50. The fourth-order valence-corrected chi connectivity index (χ4v) is 4.50. The SMILES string of the molecule is Cn1nccc1C(=O)N1CCC[C@@H]2CN(C(=O)Cc3ccc(F)cc3)CC[C@H]21. The zero-order chi connectivity index (χ0) is 19.7. The predicted octanol–water partition coefficient (Wildman–Crippen LogP) is 2.25. The van der Waals surface area contributed by atoms with Gasteiger partial charge in [-0.2, -0.15) is 5.10 Å². The molecule has 2 aromatic rings. The Balaban J connectivity index is 1.41. The zero-order valence-corrected chi connectivity index (χ0v) is 16.1. The third kappa shape index (κ3) is 3.66. The van der Waals surface area contributed by atoms with E-state index in [0.717, 1.165) is 31.4 Å². The largest absolute Gasteiger partial charge is 0.342 e. The molecule has 2 aliphatic rings. The third-order valence-corrected chi connectivity index (χ3v) is 5.99. The molecule has 0 spiro atoms. The highest BCUT2D eigenvalue weighted by molar-refractivity contribution is 5.92. The lowest BCUT2D eigenvalue weighted by atomic mass is 9.83. The van der Waals surface area contributed by atoms with Crippen molar-refractivity contribution in [1.82, 2.24) is 19.6 Å². The molecule has 1 aromatic heterocycles. The second kappa shape index (κ2) is 7.73. The summed E-state index contributed by atoms with van der Waals surface area (Å²) in [5, 5.41) is 4.11. The number of rotatable bonds is 3. The molecular weight excluding hydrogens is 359 g/mol. The first-order valence-electron chi connectivity index (χ1n) is 9.84. The number of aromatic nitrogens is 2. The Kier molecular flexibility index (Phi) is 5.15. The summed E-state index contributed by atoms with van der Waals surface area (Å²) in [4.78, 5) is 29.6. The van der Waals surface area contributed by atoms with Crippen LogP contribution in [0.25, 0.3) is 0 Å². The summed E-state index contributed by atoms with van der Waals surface area (Å²) in [7, 11) is 1.78. The summed E-state index contributed by atoms with van der Waals surface area (Å²) in [5.41, 5.74) is 1.43. The molecule has 0 radical (unpaired) electrons. The van der Waals surface area contributed by atoms with E-state index in [0.29, 0.717) is 24.7 Å². The van der Waals surface area contributed by atoms with E-state index in [1.807, 2.05) is 9.80 Å². The molecule has 2 amide bonds. The molecule has 0 N–H and O–H groups in total. The predicted molar refractivity (Wildman–Crippen MR) is 102 cm³/mol. The van der Waals surface area contributed by atoms with E-state index < -0.39 is 0 Å². The molecule has 6 nitrogen and oxygen atoms in total. The van der Waals surface area contributed by atoms with Gasteiger partial charge in [-0.1, -0.05) is 12.1 Å². The van der Waals surface area contributed by atoms with Crippen molar-refractivity contribution in [3.8, 4) is 0 Å². The Labute approximate surface area is 163 Å². The Morgan fingerprint density at radius 3 is 2.64 bits per heavy atom. The van der Waals surface area contributed by atoms with E-state index in [4.69, 9.17) is 0 Å². The van der Waals surface area contributed by atoms with Crippen LogP contribution in [0.4, 0.5) is 4.39 Å². The van der Waals surface area contributed by atoms with Gasteiger partial charge in [0, 0.05) is 38.9 Å². The van der Waals surface area contributed by atoms with E-state index in [9.17, 15) is 14.0 Å². The first kappa shape index (κ1) is 18.7. The van der Waals surface area contributed by atoms with Crippen molar-refractivity contribution in [2.75, 3.05) is 19.6 Å². The third-order valence-electron chi connectivity index (χ3n) is 5.99. The normalized spacial score (nSPS) is 22.1. The maximum absolute atomic E-state index is 13.1. The number of hydrogen-bond acceptors (Lipinski definition) is 3. The molecule has 0 saturated carbocycles. The van der Waals surface area contributed by atoms with Crippen LogP contribution < -0.4 is 0 Å². The molecule has 0 aliphatic carbocycles. The molecule has 7 heteroatoms. The average Bonchev–Trinajstić information content (AvgIpc) is 3.14. The van der Waals surface area contributed by atoms with Crippen molar-refractivity contribution in [3.05, 3.63) is 53.6 Å². The number of benzene rings is 1. The fraction of sp³-hybridized carbons (Fsp3) is 0.476. The highest BCUT2D eigenvalue weighted by Gasteiger charge is 2.39. The molecule has 2 aliphatic heterocycles. The van der Waals surface area contributed by atoms with Crippen molar-refractivity contribution >= 4 is 11.8 Å². The van der Waals surface area contributed by atoms with Crippen LogP contribution in [-0.4, -0.2) is 57.1 Å². The topological polar surface area (TPSA) is 58.4 Å². The first-order chi connectivity index (χ1) is 13.5. The monoisotopic (exact) mass is 384 g/mol. The Bertz CT molecular complexity index is 864. The highest BCUT2D eigenvalue weighted by Crippen LogP contribution is 2.32. The number of carbonyl (C=O) groups excluding carboxylic acids is 2. The Hall–Kier alpha value is -2.70. The molecular formula is C21H25FN4O2. The van der Waals surface area contributed by atoms with Gasteiger partial charge in [0.25, 0.3) is 5.91 Å². The minimum Gasteiger partial charge on any atom is -0.342 e. The van der Waals surface area contributed by atoms with Gasteiger partial charge in [0.15, 0.2) is 0 Å². The number of aryl methyl sites for hydroxylation is 1. The van der Waals surface area contributed by atoms with Crippen LogP contribution >= 0.6 is 0 Å². The molecule has 28 heavy (non-hydrogen) atoms. The second-order valence-corrected chi connectivity index (χ2v) is 7.74. The summed E-state index contributed by atoms with van der Waals surface area (Å²) in [6.07, 6.45) is 4.70. The standard InChI is InChI=1S/C21H25FN4O2/c1-24-19(8-10-23-24)21(28)26-11-2-3-16-14-25(12-9-18(16)26)20(27)13-15-4-6-17(22)7-5-15/h4-8,10,16,18H,2-3,9,11-14H2,1H3/t16-,18-/m1/s1. The maximum atomic E-state index is 13.1. The van der Waals surface area contributed by atoms with Gasteiger partial charge < -0.3 is 9.80 Å². The summed E-state index contributed by atoms with van der Waals surface area (Å²) in [5.74, 6) is 0.107. The van der Waals surface area contributed by atoms with Crippen LogP contribution in [0, 0.1) is 11.7 Å². The minimum absolute atomic E-state index is 0.0285. The quantitative estimate of drug-likeness (QED) is 0.816. The van der Waals surface area contributed by atoms with Gasteiger partial charge in [0.1, 0.15) is 11.5 Å². The molecule has 2 fully saturated rings. The molecule has 0 unspecified atom stereocenters. The number of likely N-dealkylation sites (tertiary alicyclic amines) is 2. The molecule has 3 heterocycles. The van der Waals surface area contributed by atoms with Crippen molar-refractivity contribution in [2.24, 2.45) is 13.0 Å². The van der Waals surface area contributed by atoms with Crippen LogP contribution in [-0.2, 0) is 18.3 Å². The summed E-state index contributed by atoms with van der Waals surface area (Å²) in [6.45, 7) is 2.09. The van der Waals surface area contributed by atoms with Crippen LogP contribution in [0.15, 0.2) is 36.5 Å².